The average molecular weight is 192 g/mol. The Hall–Kier alpha value is -0.260. The van der Waals surface area contributed by atoms with Crippen LogP contribution >= 0.6 is 0 Å². The summed E-state index contributed by atoms with van der Waals surface area (Å²) in [5.74, 6) is 1.80. The standard InChI is InChI=1S/C14H24/c1-10-8-11-12(9-10)14(4,5)7-6-13(11,2)3/h11-12H,1,6-9H2,2-5H3/t11-,12+. The Morgan fingerprint density at radius 2 is 1.29 bits per heavy atom. The summed E-state index contributed by atoms with van der Waals surface area (Å²) < 4.78 is 0. The van der Waals surface area contributed by atoms with Gasteiger partial charge in [0.05, 0.1) is 0 Å². The van der Waals surface area contributed by atoms with Gasteiger partial charge in [0.1, 0.15) is 0 Å². The van der Waals surface area contributed by atoms with Gasteiger partial charge in [-0.3, -0.25) is 0 Å². The predicted molar refractivity (Wildman–Crippen MR) is 62.2 cm³/mol. The minimum atomic E-state index is 0.555. The summed E-state index contributed by atoms with van der Waals surface area (Å²) in [7, 11) is 0. The molecule has 2 aliphatic rings. The minimum absolute atomic E-state index is 0.555. The van der Waals surface area contributed by atoms with Crippen molar-refractivity contribution in [1.82, 2.24) is 0 Å². The molecule has 0 aromatic rings. The molecule has 0 heterocycles. The van der Waals surface area contributed by atoms with E-state index >= 15 is 0 Å². The Morgan fingerprint density at radius 1 is 0.929 bits per heavy atom. The fourth-order valence-corrected chi connectivity index (χ4v) is 3.65. The average Bonchev–Trinajstić information content (AvgIpc) is 2.44. The first-order chi connectivity index (χ1) is 6.33. The van der Waals surface area contributed by atoms with Crippen LogP contribution in [0.5, 0.6) is 0 Å². The maximum absolute atomic E-state index is 4.21. The van der Waals surface area contributed by atoms with Crippen molar-refractivity contribution < 1.29 is 0 Å². The van der Waals surface area contributed by atoms with Gasteiger partial charge in [-0.2, -0.15) is 0 Å². The normalized spacial score (nSPS) is 39.6. The van der Waals surface area contributed by atoms with E-state index in [0.29, 0.717) is 10.8 Å². The first kappa shape index (κ1) is 10.3. The molecule has 80 valence electrons. The monoisotopic (exact) mass is 192 g/mol. The molecule has 0 bridgehead atoms. The van der Waals surface area contributed by atoms with E-state index in [9.17, 15) is 0 Å². The fourth-order valence-electron chi connectivity index (χ4n) is 3.65. The van der Waals surface area contributed by atoms with Crippen molar-refractivity contribution >= 4 is 0 Å². The molecule has 0 heteroatoms. The highest BCUT2D eigenvalue weighted by molar-refractivity contribution is 5.13. The van der Waals surface area contributed by atoms with Gasteiger partial charge >= 0.3 is 0 Å². The van der Waals surface area contributed by atoms with E-state index in [4.69, 9.17) is 0 Å². The van der Waals surface area contributed by atoms with Crippen LogP contribution in [0.15, 0.2) is 12.2 Å². The third-order valence-electron chi connectivity index (χ3n) is 4.92. The van der Waals surface area contributed by atoms with Crippen molar-refractivity contribution in [2.24, 2.45) is 22.7 Å². The highest BCUT2D eigenvalue weighted by Gasteiger charge is 2.50. The van der Waals surface area contributed by atoms with Crippen LogP contribution in [0.1, 0.15) is 53.4 Å². The Labute approximate surface area is 88.8 Å². The Balaban J connectivity index is 2.30. The zero-order chi connectivity index (χ0) is 10.6. The second-order valence-corrected chi connectivity index (χ2v) is 6.85. The summed E-state index contributed by atoms with van der Waals surface area (Å²) >= 11 is 0. The lowest BCUT2D eigenvalue weighted by atomic mass is 9.56. The molecule has 0 spiro atoms. The molecule has 0 unspecified atom stereocenters. The summed E-state index contributed by atoms with van der Waals surface area (Å²) in [6.45, 7) is 14.0. The molecular weight excluding hydrogens is 168 g/mol. The molecule has 2 fully saturated rings. The van der Waals surface area contributed by atoms with Crippen LogP contribution in [0.25, 0.3) is 0 Å². The van der Waals surface area contributed by atoms with E-state index in [0.717, 1.165) is 11.8 Å². The number of hydrogen-bond acceptors (Lipinski definition) is 0. The summed E-state index contributed by atoms with van der Waals surface area (Å²) in [4.78, 5) is 0. The van der Waals surface area contributed by atoms with Crippen LogP contribution in [0.3, 0.4) is 0 Å². The third kappa shape index (κ3) is 1.43. The number of rotatable bonds is 0. The lowest BCUT2D eigenvalue weighted by Gasteiger charge is -2.49. The van der Waals surface area contributed by atoms with Crippen molar-refractivity contribution in [1.29, 1.82) is 0 Å². The molecule has 14 heavy (non-hydrogen) atoms. The molecule has 0 N–H and O–H groups in total. The smallest absolute Gasteiger partial charge is 0.0286 e. The van der Waals surface area contributed by atoms with Gasteiger partial charge in [0.25, 0.3) is 0 Å². The molecular formula is C14H24. The molecule has 0 saturated heterocycles. The maximum Gasteiger partial charge on any atom is -0.0286 e. The molecule has 2 saturated carbocycles. The lowest BCUT2D eigenvalue weighted by molar-refractivity contribution is 0.00181. The highest BCUT2D eigenvalue weighted by Crippen LogP contribution is 2.59. The van der Waals surface area contributed by atoms with Gasteiger partial charge in [-0.05, 0) is 48.3 Å². The summed E-state index contributed by atoms with van der Waals surface area (Å²) in [5, 5.41) is 0. The van der Waals surface area contributed by atoms with E-state index in [-0.39, 0.29) is 0 Å². The van der Waals surface area contributed by atoms with Crippen LogP contribution in [0.2, 0.25) is 0 Å². The molecule has 0 nitrogen and oxygen atoms in total. The molecule has 0 amide bonds. The first-order valence-corrected chi connectivity index (χ1v) is 5.99. The Bertz CT molecular complexity index is 231. The molecule has 2 rings (SSSR count). The van der Waals surface area contributed by atoms with E-state index in [1.54, 1.807) is 0 Å². The molecule has 2 atom stereocenters. The van der Waals surface area contributed by atoms with Crippen molar-refractivity contribution in [2.45, 2.75) is 53.4 Å². The Kier molecular flexibility index (Phi) is 2.10. The fraction of sp³-hybridized carbons (Fsp3) is 0.857. The van der Waals surface area contributed by atoms with Crippen LogP contribution in [0.4, 0.5) is 0 Å². The second-order valence-electron chi connectivity index (χ2n) is 6.85. The van der Waals surface area contributed by atoms with Gasteiger partial charge in [-0.25, -0.2) is 0 Å². The third-order valence-corrected chi connectivity index (χ3v) is 4.92. The van der Waals surface area contributed by atoms with Gasteiger partial charge in [-0.15, -0.1) is 0 Å². The maximum atomic E-state index is 4.21. The van der Waals surface area contributed by atoms with Gasteiger partial charge in [0, 0.05) is 0 Å². The largest absolute Gasteiger partial charge is 0.0998 e. The lowest BCUT2D eigenvalue weighted by Crippen LogP contribution is -2.41. The van der Waals surface area contributed by atoms with Gasteiger partial charge in [-0.1, -0.05) is 39.8 Å². The van der Waals surface area contributed by atoms with E-state index in [2.05, 4.69) is 34.3 Å². The first-order valence-electron chi connectivity index (χ1n) is 5.99. The van der Waals surface area contributed by atoms with Crippen molar-refractivity contribution in [3.63, 3.8) is 0 Å². The Morgan fingerprint density at radius 3 is 1.64 bits per heavy atom. The van der Waals surface area contributed by atoms with Gasteiger partial charge in [0.2, 0.25) is 0 Å². The van der Waals surface area contributed by atoms with Crippen molar-refractivity contribution in [3.8, 4) is 0 Å². The number of fused-ring (bicyclic) bond motifs is 1. The molecule has 0 aliphatic heterocycles. The van der Waals surface area contributed by atoms with Crippen LogP contribution in [0, 0.1) is 22.7 Å². The summed E-state index contributed by atoms with van der Waals surface area (Å²) in [6.07, 6.45) is 5.38. The van der Waals surface area contributed by atoms with Gasteiger partial charge < -0.3 is 0 Å². The zero-order valence-corrected chi connectivity index (χ0v) is 10.2. The number of allylic oxidation sites excluding steroid dienone is 1. The quantitative estimate of drug-likeness (QED) is 0.499. The van der Waals surface area contributed by atoms with Crippen molar-refractivity contribution in [3.05, 3.63) is 12.2 Å². The molecule has 0 aromatic carbocycles. The highest BCUT2D eigenvalue weighted by atomic mass is 14.5. The number of hydrogen-bond donors (Lipinski definition) is 0. The van der Waals surface area contributed by atoms with Crippen molar-refractivity contribution in [2.75, 3.05) is 0 Å². The zero-order valence-electron chi connectivity index (χ0n) is 10.2. The van der Waals surface area contributed by atoms with E-state index in [1.165, 1.54) is 31.3 Å². The van der Waals surface area contributed by atoms with Crippen LogP contribution < -0.4 is 0 Å². The molecule has 0 aromatic heterocycles. The molecule has 0 radical (unpaired) electrons. The minimum Gasteiger partial charge on any atom is -0.0998 e. The van der Waals surface area contributed by atoms with Crippen LogP contribution in [-0.4, -0.2) is 0 Å². The van der Waals surface area contributed by atoms with Crippen LogP contribution in [-0.2, 0) is 0 Å². The van der Waals surface area contributed by atoms with Gasteiger partial charge in [0.15, 0.2) is 0 Å². The SMILES string of the molecule is C=C1C[C@@H]2[C@H](C1)C(C)(C)CCC2(C)C. The summed E-state index contributed by atoms with van der Waals surface area (Å²) in [5.41, 5.74) is 2.61. The van der Waals surface area contributed by atoms with E-state index < -0.39 is 0 Å². The van der Waals surface area contributed by atoms with E-state index in [1.807, 2.05) is 0 Å². The molecule has 2 aliphatic carbocycles. The topological polar surface area (TPSA) is 0 Å². The summed E-state index contributed by atoms with van der Waals surface area (Å²) in [6, 6.07) is 0. The predicted octanol–water partition coefficient (Wildman–Crippen LogP) is 4.42. The second kappa shape index (κ2) is 2.87.